The lowest BCUT2D eigenvalue weighted by Crippen LogP contribution is -2.37. The van der Waals surface area contributed by atoms with Gasteiger partial charge in [-0.25, -0.2) is 4.68 Å². The predicted molar refractivity (Wildman–Crippen MR) is 110 cm³/mol. The van der Waals surface area contributed by atoms with Gasteiger partial charge in [-0.1, -0.05) is 48.5 Å². The van der Waals surface area contributed by atoms with Crippen molar-refractivity contribution in [2.45, 2.75) is 58.0 Å². The summed E-state index contributed by atoms with van der Waals surface area (Å²) in [5.41, 5.74) is 2.62. The number of carbonyl (C=O) groups excluding carboxylic acids is 1. The van der Waals surface area contributed by atoms with Crippen molar-refractivity contribution in [1.82, 2.24) is 20.4 Å². The molecule has 3 rings (SSSR count). The van der Waals surface area contributed by atoms with Gasteiger partial charge in [-0.3, -0.25) is 4.79 Å². The van der Waals surface area contributed by atoms with E-state index in [4.69, 9.17) is 23.2 Å². The van der Waals surface area contributed by atoms with E-state index in [1.165, 1.54) is 19.3 Å². The van der Waals surface area contributed by atoms with Crippen LogP contribution in [-0.4, -0.2) is 28.3 Å². The molecule has 1 fully saturated rings. The Morgan fingerprint density at radius 1 is 1.26 bits per heavy atom. The van der Waals surface area contributed by atoms with Crippen molar-refractivity contribution in [3.05, 3.63) is 45.7 Å². The highest BCUT2D eigenvalue weighted by Gasteiger charge is 2.16. The largest absolute Gasteiger partial charge is 0.353 e. The molecule has 5 nitrogen and oxygen atoms in total. The fourth-order valence-corrected chi connectivity index (χ4v) is 4.00. The first-order valence-corrected chi connectivity index (χ1v) is 10.3. The van der Waals surface area contributed by atoms with Crippen LogP contribution < -0.4 is 10.6 Å². The lowest BCUT2D eigenvalue weighted by Gasteiger charge is -2.22. The lowest BCUT2D eigenvalue weighted by atomic mass is 9.95. The predicted octanol–water partition coefficient (Wildman–Crippen LogP) is 4.42. The Labute approximate surface area is 170 Å². The Hall–Kier alpha value is -1.56. The number of carbonyl (C=O) groups is 1. The van der Waals surface area contributed by atoms with Crippen molar-refractivity contribution >= 4 is 29.1 Å². The molecule has 0 atom stereocenters. The van der Waals surface area contributed by atoms with Crippen LogP contribution in [0.25, 0.3) is 5.69 Å². The maximum Gasteiger partial charge on any atom is 0.221 e. The van der Waals surface area contributed by atoms with Gasteiger partial charge in [0.05, 0.1) is 11.4 Å². The molecule has 7 heteroatoms. The minimum absolute atomic E-state index is 0.117. The second-order valence-corrected chi connectivity index (χ2v) is 7.87. The number of benzene rings is 1. The standard InChI is InChI=1S/C20H26Cl2N4O/c1-14-18(20(22)26(25-14)17-9-5-6-15(21)12-17)13-23-11-10-19(27)24-16-7-3-2-4-8-16/h5-6,9,12,16,23H,2-4,7-8,10-11,13H2,1H3,(H,24,27). The molecule has 0 bridgehead atoms. The van der Waals surface area contributed by atoms with Gasteiger partial charge in [0.2, 0.25) is 5.91 Å². The van der Waals surface area contributed by atoms with Gasteiger partial charge in [0.15, 0.2) is 0 Å². The number of amides is 1. The number of nitrogens with one attached hydrogen (secondary N) is 2. The van der Waals surface area contributed by atoms with E-state index in [1.807, 2.05) is 31.2 Å². The van der Waals surface area contributed by atoms with Crippen LogP contribution in [0.4, 0.5) is 0 Å². The molecule has 1 aromatic carbocycles. The van der Waals surface area contributed by atoms with Crippen LogP contribution in [0.3, 0.4) is 0 Å². The molecule has 1 aromatic heterocycles. The van der Waals surface area contributed by atoms with Gasteiger partial charge >= 0.3 is 0 Å². The van der Waals surface area contributed by atoms with E-state index >= 15 is 0 Å². The van der Waals surface area contributed by atoms with Gasteiger partial charge in [0.1, 0.15) is 5.15 Å². The molecule has 1 heterocycles. The molecular formula is C20H26Cl2N4O. The van der Waals surface area contributed by atoms with E-state index in [0.717, 1.165) is 29.8 Å². The maximum absolute atomic E-state index is 12.1. The van der Waals surface area contributed by atoms with Crippen molar-refractivity contribution in [2.24, 2.45) is 0 Å². The van der Waals surface area contributed by atoms with E-state index in [9.17, 15) is 4.79 Å². The molecule has 1 aliphatic carbocycles. The monoisotopic (exact) mass is 408 g/mol. The van der Waals surface area contributed by atoms with Gasteiger partial charge in [-0.15, -0.1) is 0 Å². The first-order chi connectivity index (χ1) is 13.0. The summed E-state index contributed by atoms with van der Waals surface area (Å²) >= 11 is 12.6. The number of aromatic nitrogens is 2. The normalized spacial score (nSPS) is 15.1. The molecule has 1 saturated carbocycles. The number of hydrogen-bond acceptors (Lipinski definition) is 3. The minimum atomic E-state index is 0.117. The number of aryl methyl sites for hydroxylation is 1. The maximum atomic E-state index is 12.1. The topological polar surface area (TPSA) is 59.0 Å². The van der Waals surface area contributed by atoms with E-state index in [1.54, 1.807) is 4.68 Å². The van der Waals surface area contributed by atoms with Crippen LogP contribution in [0.1, 0.15) is 49.8 Å². The van der Waals surface area contributed by atoms with Crippen LogP contribution in [0.15, 0.2) is 24.3 Å². The molecule has 2 N–H and O–H groups in total. The molecule has 1 amide bonds. The van der Waals surface area contributed by atoms with E-state index < -0.39 is 0 Å². The highest BCUT2D eigenvalue weighted by atomic mass is 35.5. The second-order valence-electron chi connectivity index (χ2n) is 7.08. The Morgan fingerprint density at radius 2 is 2.04 bits per heavy atom. The third-order valence-corrected chi connectivity index (χ3v) is 5.60. The highest BCUT2D eigenvalue weighted by molar-refractivity contribution is 6.31. The summed E-state index contributed by atoms with van der Waals surface area (Å²) in [5, 5.41) is 12.2. The zero-order valence-corrected chi connectivity index (χ0v) is 17.1. The van der Waals surface area contributed by atoms with Crippen LogP contribution in [-0.2, 0) is 11.3 Å². The van der Waals surface area contributed by atoms with Crippen LogP contribution in [0, 0.1) is 6.92 Å². The average molecular weight is 409 g/mol. The number of halogens is 2. The molecule has 146 valence electrons. The summed E-state index contributed by atoms with van der Waals surface area (Å²) < 4.78 is 1.69. The van der Waals surface area contributed by atoms with Gasteiger partial charge in [-0.2, -0.15) is 5.10 Å². The van der Waals surface area contributed by atoms with Crippen LogP contribution in [0.5, 0.6) is 0 Å². The summed E-state index contributed by atoms with van der Waals surface area (Å²) in [5.74, 6) is 0.117. The van der Waals surface area contributed by atoms with Crippen molar-refractivity contribution in [1.29, 1.82) is 0 Å². The molecule has 0 spiro atoms. The quantitative estimate of drug-likeness (QED) is 0.666. The zero-order valence-electron chi connectivity index (χ0n) is 15.6. The SMILES string of the molecule is Cc1nn(-c2cccc(Cl)c2)c(Cl)c1CNCCC(=O)NC1CCCCC1. The third-order valence-electron chi connectivity index (χ3n) is 4.98. The molecule has 0 radical (unpaired) electrons. The Balaban J connectivity index is 1.50. The lowest BCUT2D eigenvalue weighted by molar-refractivity contribution is -0.121. The summed E-state index contributed by atoms with van der Waals surface area (Å²) in [6.45, 7) is 3.11. The summed E-state index contributed by atoms with van der Waals surface area (Å²) in [6, 6.07) is 7.78. The van der Waals surface area contributed by atoms with Crippen LogP contribution >= 0.6 is 23.2 Å². The minimum Gasteiger partial charge on any atom is -0.353 e. The fraction of sp³-hybridized carbons (Fsp3) is 0.500. The van der Waals surface area contributed by atoms with Gasteiger partial charge in [-0.05, 0) is 38.0 Å². The van der Waals surface area contributed by atoms with E-state index in [2.05, 4.69) is 15.7 Å². The van der Waals surface area contributed by atoms with Gasteiger partial charge in [0.25, 0.3) is 0 Å². The average Bonchev–Trinajstić information content (AvgIpc) is 2.94. The number of nitrogens with zero attached hydrogens (tertiary/aromatic N) is 2. The molecule has 0 saturated heterocycles. The molecular weight excluding hydrogens is 383 g/mol. The van der Waals surface area contributed by atoms with Gasteiger partial charge < -0.3 is 10.6 Å². The highest BCUT2D eigenvalue weighted by Crippen LogP contribution is 2.24. The smallest absolute Gasteiger partial charge is 0.221 e. The summed E-state index contributed by atoms with van der Waals surface area (Å²) in [4.78, 5) is 12.1. The summed E-state index contributed by atoms with van der Waals surface area (Å²) in [6.07, 6.45) is 6.41. The van der Waals surface area contributed by atoms with E-state index in [0.29, 0.717) is 35.7 Å². The van der Waals surface area contributed by atoms with Crippen molar-refractivity contribution in [3.63, 3.8) is 0 Å². The van der Waals surface area contributed by atoms with E-state index in [-0.39, 0.29) is 5.91 Å². The van der Waals surface area contributed by atoms with Gasteiger partial charge in [0, 0.05) is 36.1 Å². The number of hydrogen-bond donors (Lipinski definition) is 2. The molecule has 27 heavy (non-hydrogen) atoms. The number of rotatable bonds is 7. The molecule has 0 unspecified atom stereocenters. The Bertz CT molecular complexity index is 784. The van der Waals surface area contributed by atoms with Crippen LogP contribution in [0.2, 0.25) is 10.2 Å². The Kier molecular flexibility index (Phi) is 7.16. The molecule has 1 aliphatic rings. The molecule has 2 aromatic rings. The Morgan fingerprint density at radius 3 is 2.78 bits per heavy atom. The van der Waals surface area contributed by atoms with Crippen molar-refractivity contribution in [3.8, 4) is 5.69 Å². The molecule has 0 aliphatic heterocycles. The first kappa shape index (κ1) is 20.2. The second kappa shape index (κ2) is 9.58. The fourth-order valence-electron chi connectivity index (χ4n) is 3.47. The summed E-state index contributed by atoms with van der Waals surface area (Å²) in [7, 11) is 0. The zero-order chi connectivity index (χ0) is 19.2. The first-order valence-electron chi connectivity index (χ1n) is 9.54. The third kappa shape index (κ3) is 5.47. The van der Waals surface area contributed by atoms with Crippen molar-refractivity contribution < 1.29 is 4.79 Å². The van der Waals surface area contributed by atoms with Crippen molar-refractivity contribution in [2.75, 3.05) is 6.54 Å².